The van der Waals surface area contributed by atoms with Gasteiger partial charge in [0.15, 0.2) is 0 Å². The molecule has 0 bridgehead atoms. The molecule has 1 aromatic carbocycles. The van der Waals surface area contributed by atoms with Crippen molar-refractivity contribution in [3.05, 3.63) is 35.6 Å². The molecule has 0 aliphatic rings. The number of nitrogens with one attached hydrogen (secondary N) is 1. The van der Waals surface area contributed by atoms with E-state index in [1.54, 1.807) is 12.1 Å². The molecule has 0 aromatic heterocycles. The van der Waals surface area contributed by atoms with Crippen LogP contribution in [0.15, 0.2) is 24.3 Å². The smallest absolute Gasteiger partial charge is 0.264 e. The molecule has 0 amide bonds. The summed E-state index contributed by atoms with van der Waals surface area (Å²) >= 11 is 0. The molecule has 0 heterocycles. The van der Waals surface area contributed by atoms with Crippen molar-refractivity contribution in [3.8, 4) is 0 Å². The highest BCUT2D eigenvalue weighted by Gasteiger charge is 2.02. The van der Waals surface area contributed by atoms with Gasteiger partial charge in [-0.05, 0) is 30.7 Å². The zero-order chi connectivity index (χ0) is 14.0. The maximum Gasteiger partial charge on any atom is 0.264 e. The normalized spacial score (nSPS) is 10.7. The van der Waals surface area contributed by atoms with Crippen LogP contribution in [0.4, 0.5) is 4.39 Å². The minimum Gasteiger partial charge on any atom is -0.313 e. The Balaban J connectivity index is 0.00000137. The monoisotopic (exact) mass is 277 g/mol. The van der Waals surface area contributed by atoms with E-state index in [1.165, 1.54) is 12.1 Å². The number of halogens is 1. The first-order valence-electron chi connectivity index (χ1n) is 5.88. The fourth-order valence-corrected chi connectivity index (χ4v) is 1.77. The Morgan fingerprint density at radius 3 is 2.56 bits per heavy atom. The van der Waals surface area contributed by atoms with Crippen LogP contribution >= 0.6 is 0 Å². The van der Waals surface area contributed by atoms with Gasteiger partial charge in [0.25, 0.3) is 10.1 Å². The van der Waals surface area contributed by atoms with E-state index in [9.17, 15) is 12.8 Å². The van der Waals surface area contributed by atoms with E-state index in [2.05, 4.69) is 5.32 Å². The predicted molar refractivity (Wildman–Crippen MR) is 70.5 cm³/mol. The molecule has 0 atom stereocenters. The average molecular weight is 277 g/mol. The molecule has 0 radical (unpaired) electrons. The Morgan fingerprint density at radius 1 is 1.33 bits per heavy atom. The molecule has 0 aliphatic carbocycles. The topological polar surface area (TPSA) is 66.4 Å². The molecular weight excluding hydrogens is 257 g/mol. The van der Waals surface area contributed by atoms with Crippen molar-refractivity contribution in [2.24, 2.45) is 0 Å². The van der Waals surface area contributed by atoms with Crippen molar-refractivity contribution in [3.63, 3.8) is 0 Å². The molecule has 4 nitrogen and oxygen atoms in total. The van der Waals surface area contributed by atoms with Crippen LogP contribution in [0.25, 0.3) is 0 Å². The van der Waals surface area contributed by atoms with Gasteiger partial charge in [-0.3, -0.25) is 4.55 Å². The van der Waals surface area contributed by atoms with Crippen molar-refractivity contribution < 1.29 is 17.4 Å². The highest BCUT2D eigenvalue weighted by molar-refractivity contribution is 7.85. The minimum absolute atomic E-state index is 0.261. The molecule has 0 aliphatic heterocycles. The summed E-state index contributed by atoms with van der Waals surface area (Å²) in [5.41, 5.74) is 0.798. The summed E-state index contributed by atoms with van der Waals surface area (Å²) in [4.78, 5) is 0. The van der Waals surface area contributed by atoms with Gasteiger partial charge >= 0.3 is 0 Å². The lowest BCUT2D eigenvalue weighted by Gasteiger charge is -2.04. The largest absolute Gasteiger partial charge is 0.313 e. The molecule has 0 spiro atoms. The van der Waals surface area contributed by atoms with E-state index < -0.39 is 10.1 Å². The lowest BCUT2D eigenvalue weighted by Crippen LogP contribution is -2.18. The van der Waals surface area contributed by atoms with Crippen molar-refractivity contribution in [1.82, 2.24) is 5.32 Å². The Kier molecular flexibility index (Phi) is 8.53. The summed E-state index contributed by atoms with van der Waals surface area (Å²) in [5.74, 6) is -0.555. The van der Waals surface area contributed by atoms with Gasteiger partial charge < -0.3 is 5.32 Å². The molecule has 0 fully saturated rings. The second-order valence-electron chi connectivity index (χ2n) is 3.45. The van der Waals surface area contributed by atoms with E-state index >= 15 is 0 Å². The SMILES string of the molecule is CC.O=S(=O)(O)CCCNCc1cccc(F)c1. The van der Waals surface area contributed by atoms with Gasteiger partial charge in [-0.15, -0.1) is 0 Å². The van der Waals surface area contributed by atoms with E-state index in [1.807, 2.05) is 13.8 Å². The third-order valence-corrected chi connectivity index (χ3v) is 2.78. The quantitative estimate of drug-likeness (QED) is 0.618. The fraction of sp³-hybridized carbons (Fsp3) is 0.500. The van der Waals surface area contributed by atoms with Gasteiger partial charge in [0.1, 0.15) is 5.82 Å². The molecule has 0 unspecified atom stereocenters. The highest BCUT2D eigenvalue weighted by Crippen LogP contribution is 2.02. The number of hydrogen-bond donors (Lipinski definition) is 2. The van der Waals surface area contributed by atoms with Crippen LogP contribution in [0.1, 0.15) is 25.8 Å². The van der Waals surface area contributed by atoms with Crippen molar-refractivity contribution in [1.29, 1.82) is 0 Å². The zero-order valence-electron chi connectivity index (χ0n) is 10.7. The molecule has 1 rings (SSSR count). The zero-order valence-corrected chi connectivity index (χ0v) is 11.5. The molecular formula is C12H20FNO3S. The van der Waals surface area contributed by atoms with Crippen LogP contribution in [0.2, 0.25) is 0 Å². The van der Waals surface area contributed by atoms with Crippen LogP contribution < -0.4 is 5.32 Å². The molecule has 0 saturated heterocycles. The first-order valence-corrected chi connectivity index (χ1v) is 7.48. The molecule has 18 heavy (non-hydrogen) atoms. The predicted octanol–water partition coefficient (Wildman–Crippen LogP) is 2.22. The minimum atomic E-state index is -3.88. The number of hydrogen-bond acceptors (Lipinski definition) is 3. The first-order chi connectivity index (χ1) is 8.47. The van der Waals surface area contributed by atoms with E-state index in [0.717, 1.165) is 5.56 Å². The molecule has 6 heteroatoms. The van der Waals surface area contributed by atoms with Crippen LogP contribution in [0.5, 0.6) is 0 Å². The van der Waals surface area contributed by atoms with Crippen molar-refractivity contribution in [2.75, 3.05) is 12.3 Å². The van der Waals surface area contributed by atoms with Crippen LogP contribution in [-0.2, 0) is 16.7 Å². The lowest BCUT2D eigenvalue weighted by molar-refractivity contribution is 0.479. The standard InChI is InChI=1S/C10H14FNO3S.C2H6/c11-10-4-1-3-9(7-10)8-12-5-2-6-16(13,14)15;1-2/h1,3-4,7,12H,2,5-6,8H2,(H,13,14,15);1-2H3. The third kappa shape index (κ3) is 9.09. The maximum absolute atomic E-state index is 12.8. The van der Waals surface area contributed by atoms with Gasteiger partial charge in [-0.2, -0.15) is 8.42 Å². The van der Waals surface area contributed by atoms with Gasteiger partial charge in [0.05, 0.1) is 5.75 Å². The maximum atomic E-state index is 12.8. The molecule has 104 valence electrons. The Bertz CT molecular complexity index is 435. The number of benzene rings is 1. The summed E-state index contributed by atoms with van der Waals surface area (Å²) < 4.78 is 42.0. The van der Waals surface area contributed by atoms with Gasteiger partial charge in [-0.25, -0.2) is 4.39 Å². The highest BCUT2D eigenvalue weighted by atomic mass is 32.2. The van der Waals surface area contributed by atoms with Crippen molar-refractivity contribution >= 4 is 10.1 Å². The van der Waals surface area contributed by atoms with Crippen LogP contribution in [0, 0.1) is 5.82 Å². The summed E-state index contributed by atoms with van der Waals surface area (Å²) in [6.07, 6.45) is 0.328. The Labute approximate surface area is 108 Å². The summed E-state index contributed by atoms with van der Waals surface area (Å²) in [6.45, 7) is 4.93. The fourth-order valence-electron chi connectivity index (χ4n) is 1.26. The molecule has 1 aromatic rings. The average Bonchev–Trinajstić information content (AvgIpc) is 2.30. The second-order valence-corrected chi connectivity index (χ2v) is 5.02. The van der Waals surface area contributed by atoms with Crippen LogP contribution in [-0.4, -0.2) is 25.3 Å². The second kappa shape index (κ2) is 9.02. The lowest BCUT2D eigenvalue weighted by atomic mass is 10.2. The molecule has 0 saturated carbocycles. The van der Waals surface area contributed by atoms with E-state index in [0.29, 0.717) is 19.5 Å². The van der Waals surface area contributed by atoms with E-state index in [4.69, 9.17) is 4.55 Å². The van der Waals surface area contributed by atoms with Gasteiger partial charge in [-0.1, -0.05) is 26.0 Å². The molecule has 2 N–H and O–H groups in total. The van der Waals surface area contributed by atoms with Gasteiger partial charge in [0, 0.05) is 6.54 Å². The van der Waals surface area contributed by atoms with Crippen molar-refractivity contribution in [2.45, 2.75) is 26.8 Å². The summed E-state index contributed by atoms with van der Waals surface area (Å²) in [5, 5.41) is 2.96. The first kappa shape index (κ1) is 17.0. The van der Waals surface area contributed by atoms with Crippen LogP contribution in [0.3, 0.4) is 0 Å². The summed E-state index contributed by atoms with van der Waals surface area (Å²) in [6, 6.07) is 6.17. The Hall–Kier alpha value is -0.980. The van der Waals surface area contributed by atoms with Gasteiger partial charge in [0.2, 0.25) is 0 Å². The van der Waals surface area contributed by atoms with E-state index in [-0.39, 0.29) is 11.6 Å². The number of rotatable bonds is 6. The third-order valence-electron chi connectivity index (χ3n) is 1.97. The summed E-state index contributed by atoms with van der Waals surface area (Å²) in [7, 11) is -3.88. The Morgan fingerprint density at radius 2 is 2.00 bits per heavy atom.